The number of ether oxygens (including phenoxy) is 1. The van der Waals surface area contributed by atoms with Crippen LogP contribution < -0.4 is 5.32 Å². The number of carbonyl (C=O) groups excluding carboxylic acids is 3. The molecule has 1 aromatic heterocycles. The van der Waals surface area contributed by atoms with Crippen molar-refractivity contribution in [2.45, 2.75) is 56.3 Å². The monoisotopic (exact) mass is 677 g/mol. The number of aromatic amines is 1. The van der Waals surface area contributed by atoms with Crippen molar-refractivity contribution >= 4 is 62.8 Å². The van der Waals surface area contributed by atoms with Gasteiger partial charge < -0.3 is 24.8 Å². The average Bonchev–Trinajstić information content (AvgIpc) is 3.42. The van der Waals surface area contributed by atoms with Crippen LogP contribution in [0.5, 0.6) is 0 Å². The van der Waals surface area contributed by atoms with Crippen LogP contribution >= 0.6 is 23.2 Å². The molecule has 240 valence electrons. The number of amides is 3. The number of morpholine rings is 1. The van der Waals surface area contributed by atoms with Gasteiger partial charge in [-0.15, -0.1) is 0 Å². The van der Waals surface area contributed by atoms with Crippen LogP contribution in [-0.2, 0) is 25.3 Å². The fraction of sp³-hybridized carbons (Fsp3) is 0.452. The Morgan fingerprint density at radius 1 is 1.16 bits per heavy atom. The second kappa shape index (κ2) is 11.6. The van der Waals surface area contributed by atoms with E-state index >= 15 is 0 Å². The number of nitrogens with zero attached hydrogens (tertiary/aromatic N) is 3. The SMILES string of the molecule is CC(C)(C)[C@H](NC(=O)c1cc2cc(F)ccc2[nH]1)C(=O)N1C[C@H]2N(C(=O)C3COCCN3S(=O)c3cc(Cl)ccc3Cl)C[C@]21C. The molecule has 3 saturated heterocycles. The van der Waals surface area contributed by atoms with Crippen molar-refractivity contribution in [1.29, 1.82) is 0 Å². The largest absolute Gasteiger partial charge is 0.378 e. The summed E-state index contributed by atoms with van der Waals surface area (Å²) in [4.78, 5) is 47.7. The number of aromatic nitrogens is 1. The van der Waals surface area contributed by atoms with Gasteiger partial charge in [0.2, 0.25) is 11.8 Å². The standard InChI is InChI=1S/C31H34Cl2FN5O5S/c1-30(2,3)26(36-27(40)22-12-17-11-19(34)6-8-21(17)35-22)29(42)38-14-25-31(38,4)16-37(25)28(41)23-15-44-10-9-39(23)45(43)24-13-18(32)5-7-20(24)33/h5-8,11-13,23,25-26,35H,9-10,14-16H2,1-4H3,(H,36,40)/t23?,25-,26-,31-,45?/m1/s1. The highest BCUT2D eigenvalue weighted by Gasteiger charge is 2.66. The first-order valence-corrected chi connectivity index (χ1v) is 16.5. The van der Waals surface area contributed by atoms with Crippen molar-refractivity contribution in [2.75, 3.05) is 32.8 Å². The van der Waals surface area contributed by atoms with Crippen LogP contribution in [0, 0.1) is 11.2 Å². The van der Waals surface area contributed by atoms with Crippen LogP contribution in [0.4, 0.5) is 4.39 Å². The molecule has 4 heterocycles. The van der Waals surface area contributed by atoms with Gasteiger partial charge in [0, 0.05) is 35.6 Å². The summed E-state index contributed by atoms with van der Waals surface area (Å²) in [6.45, 7) is 8.78. The van der Waals surface area contributed by atoms with Crippen LogP contribution in [0.15, 0.2) is 47.4 Å². The highest BCUT2D eigenvalue weighted by atomic mass is 35.5. The van der Waals surface area contributed by atoms with Gasteiger partial charge in [-0.2, -0.15) is 0 Å². The highest BCUT2D eigenvalue weighted by Crippen LogP contribution is 2.45. The van der Waals surface area contributed by atoms with E-state index in [1.165, 1.54) is 18.2 Å². The molecule has 3 amide bonds. The van der Waals surface area contributed by atoms with E-state index in [0.717, 1.165) is 0 Å². The third kappa shape index (κ3) is 5.65. The molecule has 5 atom stereocenters. The maximum atomic E-state index is 13.9. The lowest BCUT2D eigenvalue weighted by Gasteiger charge is -2.70. The molecule has 2 aromatic carbocycles. The summed E-state index contributed by atoms with van der Waals surface area (Å²) >= 11 is 12.4. The smallest absolute Gasteiger partial charge is 0.268 e. The zero-order valence-corrected chi connectivity index (χ0v) is 27.6. The molecule has 2 N–H and O–H groups in total. The number of nitrogens with one attached hydrogen (secondary N) is 2. The number of likely N-dealkylation sites (tertiary alicyclic amines) is 2. The van der Waals surface area contributed by atoms with Crippen LogP contribution in [-0.4, -0.2) is 97.5 Å². The normalized spacial score (nSPS) is 24.8. The lowest BCUT2D eigenvalue weighted by atomic mass is 9.70. The van der Waals surface area contributed by atoms with E-state index in [2.05, 4.69) is 10.3 Å². The number of piperazine rings is 1. The third-order valence-electron chi connectivity index (χ3n) is 8.98. The topological polar surface area (TPSA) is 115 Å². The summed E-state index contributed by atoms with van der Waals surface area (Å²) < 4.78 is 34.4. The number of carbonyl (C=O) groups is 3. The van der Waals surface area contributed by atoms with Crippen molar-refractivity contribution < 1.29 is 27.7 Å². The first kappa shape index (κ1) is 31.9. The first-order valence-electron chi connectivity index (χ1n) is 14.6. The van der Waals surface area contributed by atoms with Crippen molar-refractivity contribution in [3.63, 3.8) is 0 Å². The molecule has 3 aliphatic rings. The average molecular weight is 679 g/mol. The molecule has 3 aliphatic heterocycles. The number of rotatable bonds is 6. The van der Waals surface area contributed by atoms with Gasteiger partial charge in [-0.25, -0.2) is 12.9 Å². The second-order valence-corrected chi connectivity index (χ2v) is 15.3. The molecule has 0 saturated carbocycles. The summed E-state index contributed by atoms with van der Waals surface area (Å²) in [5.74, 6) is -1.36. The minimum absolute atomic E-state index is 0.0733. The Morgan fingerprint density at radius 3 is 2.60 bits per heavy atom. The summed E-state index contributed by atoms with van der Waals surface area (Å²) in [5, 5.41) is 4.12. The predicted molar refractivity (Wildman–Crippen MR) is 169 cm³/mol. The van der Waals surface area contributed by atoms with Crippen molar-refractivity contribution in [1.82, 2.24) is 24.4 Å². The van der Waals surface area contributed by atoms with E-state index in [-0.39, 0.29) is 43.2 Å². The van der Waals surface area contributed by atoms with Crippen LogP contribution in [0.1, 0.15) is 38.2 Å². The Kier molecular flexibility index (Phi) is 8.26. The minimum Gasteiger partial charge on any atom is -0.378 e. The molecule has 2 unspecified atom stereocenters. The molecule has 3 aromatic rings. The number of H-pyrrole nitrogens is 1. The molecular formula is C31H34Cl2FN5O5S. The maximum absolute atomic E-state index is 13.9. The number of hydrogen-bond donors (Lipinski definition) is 2. The molecular weight excluding hydrogens is 644 g/mol. The molecule has 0 radical (unpaired) electrons. The van der Waals surface area contributed by atoms with E-state index in [0.29, 0.717) is 39.0 Å². The fourth-order valence-electron chi connectivity index (χ4n) is 6.34. The quantitative estimate of drug-likeness (QED) is 0.410. The van der Waals surface area contributed by atoms with E-state index in [1.54, 1.807) is 38.4 Å². The van der Waals surface area contributed by atoms with Crippen molar-refractivity contribution in [3.05, 3.63) is 64.0 Å². The van der Waals surface area contributed by atoms with E-state index in [9.17, 15) is 23.0 Å². The zero-order valence-electron chi connectivity index (χ0n) is 25.2. The lowest BCUT2D eigenvalue weighted by molar-refractivity contribution is -0.210. The van der Waals surface area contributed by atoms with Gasteiger partial charge in [0.15, 0.2) is 0 Å². The van der Waals surface area contributed by atoms with Crippen LogP contribution in [0.2, 0.25) is 10.0 Å². The highest BCUT2D eigenvalue weighted by molar-refractivity contribution is 7.82. The number of halogens is 3. The Balaban J connectivity index is 1.14. The molecule has 45 heavy (non-hydrogen) atoms. The van der Waals surface area contributed by atoms with Crippen molar-refractivity contribution in [2.24, 2.45) is 5.41 Å². The first-order chi connectivity index (χ1) is 21.2. The lowest BCUT2D eigenvalue weighted by Crippen LogP contribution is -2.89. The van der Waals surface area contributed by atoms with Gasteiger partial charge in [0.05, 0.1) is 34.7 Å². The molecule has 0 spiro atoms. The van der Waals surface area contributed by atoms with E-state index in [1.807, 2.05) is 27.7 Å². The maximum Gasteiger partial charge on any atom is 0.268 e. The molecule has 14 heteroatoms. The van der Waals surface area contributed by atoms with Gasteiger partial charge in [0.1, 0.15) is 34.6 Å². The summed E-state index contributed by atoms with van der Waals surface area (Å²) in [5.41, 5.74) is -0.410. The Bertz CT molecular complexity index is 1730. The Hall–Kier alpha value is -3.03. The number of fused-ring (bicyclic) bond motifs is 2. The van der Waals surface area contributed by atoms with Gasteiger partial charge in [0.25, 0.3) is 5.91 Å². The summed E-state index contributed by atoms with van der Waals surface area (Å²) in [6.07, 6.45) is 0. The number of hydrogen-bond acceptors (Lipinski definition) is 5. The van der Waals surface area contributed by atoms with E-state index < -0.39 is 45.7 Å². The molecule has 6 rings (SSSR count). The van der Waals surface area contributed by atoms with Crippen molar-refractivity contribution in [3.8, 4) is 0 Å². The van der Waals surface area contributed by atoms with Gasteiger partial charge in [-0.3, -0.25) is 14.4 Å². The van der Waals surface area contributed by atoms with Crippen LogP contribution in [0.25, 0.3) is 10.9 Å². The van der Waals surface area contributed by atoms with Gasteiger partial charge in [-0.05, 0) is 54.8 Å². The van der Waals surface area contributed by atoms with Gasteiger partial charge >= 0.3 is 0 Å². The zero-order chi connectivity index (χ0) is 32.4. The fourth-order valence-corrected chi connectivity index (χ4v) is 8.23. The predicted octanol–water partition coefficient (Wildman–Crippen LogP) is 3.99. The molecule has 10 nitrogen and oxygen atoms in total. The molecule has 0 bridgehead atoms. The van der Waals surface area contributed by atoms with Crippen LogP contribution in [0.3, 0.4) is 0 Å². The summed E-state index contributed by atoms with van der Waals surface area (Å²) in [7, 11) is -1.74. The minimum atomic E-state index is -1.74. The Morgan fingerprint density at radius 2 is 1.91 bits per heavy atom. The second-order valence-electron chi connectivity index (χ2n) is 13.0. The number of benzene rings is 2. The van der Waals surface area contributed by atoms with E-state index in [4.69, 9.17) is 27.9 Å². The molecule has 3 fully saturated rings. The summed E-state index contributed by atoms with van der Waals surface area (Å²) in [6, 6.07) is 8.59. The third-order valence-corrected chi connectivity index (χ3v) is 11.2. The Labute approximate surface area is 272 Å². The van der Waals surface area contributed by atoms with Gasteiger partial charge in [-0.1, -0.05) is 44.0 Å². The molecule has 0 aliphatic carbocycles.